The Bertz CT molecular complexity index is 715. The van der Waals surface area contributed by atoms with Crippen LogP contribution in [0.3, 0.4) is 0 Å². The molecule has 0 saturated carbocycles. The molecule has 0 spiro atoms. The number of H-pyrrole nitrogens is 1. The number of nitrogen functional groups attached to an aromatic ring is 2. The summed E-state index contributed by atoms with van der Waals surface area (Å²) >= 11 is 1.19. The lowest BCUT2D eigenvalue weighted by molar-refractivity contribution is -0.383. The lowest BCUT2D eigenvalue weighted by Gasteiger charge is -2.05. The molecule has 2 aromatic rings. The van der Waals surface area contributed by atoms with Gasteiger partial charge in [0.1, 0.15) is 11.5 Å². The zero-order valence-electron chi connectivity index (χ0n) is 10.2. The van der Waals surface area contributed by atoms with Crippen molar-refractivity contribution >= 4 is 29.0 Å². The molecule has 9 heteroatoms. The number of nitrogens with zero attached hydrogens (tertiary/aromatic N) is 2. The molecule has 0 aliphatic rings. The van der Waals surface area contributed by atoms with Crippen LogP contribution in [0.1, 0.15) is 5.56 Å². The molecule has 1 heterocycles. The molecule has 5 N–H and O–H groups in total. The van der Waals surface area contributed by atoms with E-state index >= 15 is 0 Å². The smallest absolute Gasteiger partial charge is 0.292 e. The second-order valence-electron chi connectivity index (χ2n) is 3.87. The van der Waals surface area contributed by atoms with Gasteiger partial charge in [-0.25, -0.2) is 4.98 Å². The fourth-order valence-electron chi connectivity index (χ4n) is 1.55. The summed E-state index contributed by atoms with van der Waals surface area (Å²) in [5, 5.41) is 11.1. The van der Waals surface area contributed by atoms with Gasteiger partial charge in [0, 0.05) is 17.9 Å². The van der Waals surface area contributed by atoms with E-state index in [1.165, 1.54) is 23.9 Å². The number of rotatable bonds is 4. The number of nitrogens with one attached hydrogen (secondary N) is 1. The van der Waals surface area contributed by atoms with Crippen molar-refractivity contribution in [3.05, 3.63) is 50.3 Å². The molecule has 2 rings (SSSR count). The maximum absolute atomic E-state index is 11.2. The lowest BCUT2D eigenvalue weighted by atomic mass is 10.2. The van der Waals surface area contributed by atoms with Gasteiger partial charge in [-0.1, -0.05) is 23.9 Å². The summed E-state index contributed by atoms with van der Waals surface area (Å²) in [7, 11) is 0. The van der Waals surface area contributed by atoms with Gasteiger partial charge in [0.05, 0.1) is 4.92 Å². The first kappa shape index (κ1) is 13.9. The van der Waals surface area contributed by atoms with Gasteiger partial charge in [-0.2, -0.15) is 0 Å². The fourth-order valence-corrected chi connectivity index (χ4v) is 2.44. The predicted octanol–water partition coefficient (Wildman–Crippen LogP) is 1.13. The Hall–Kier alpha value is -2.55. The predicted molar refractivity (Wildman–Crippen MR) is 76.3 cm³/mol. The van der Waals surface area contributed by atoms with Gasteiger partial charge in [0.2, 0.25) is 0 Å². The first-order valence-corrected chi connectivity index (χ1v) is 6.47. The first-order valence-electron chi connectivity index (χ1n) is 5.49. The van der Waals surface area contributed by atoms with Crippen LogP contribution in [0.2, 0.25) is 0 Å². The van der Waals surface area contributed by atoms with Crippen molar-refractivity contribution in [2.75, 3.05) is 11.5 Å². The minimum atomic E-state index is -0.538. The molecule has 0 aliphatic heterocycles. The van der Waals surface area contributed by atoms with E-state index in [1.807, 2.05) is 0 Å². The van der Waals surface area contributed by atoms with E-state index in [-0.39, 0.29) is 22.8 Å². The van der Waals surface area contributed by atoms with Gasteiger partial charge >= 0.3 is 0 Å². The highest BCUT2D eigenvalue weighted by Gasteiger charge is 2.14. The van der Waals surface area contributed by atoms with E-state index in [2.05, 4.69) is 9.97 Å². The largest absolute Gasteiger partial charge is 0.393 e. The van der Waals surface area contributed by atoms with E-state index < -0.39 is 4.92 Å². The van der Waals surface area contributed by atoms with E-state index in [1.54, 1.807) is 12.1 Å². The topological polar surface area (TPSA) is 141 Å². The maximum Gasteiger partial charge on any atom is 0.292 e. The third-order valence-electron chi connectivity index (χ3n) is 2.47. The van der Waals surface area contributed by atoms with Gasteiger partial charge in [-0.15, -0.1) is 0 Å². The number of para-hydroxylation sites is 1. The van der Waals surface area contributed by atoms with E-state index in [0.29, 0.717) is 16.5 Å². The number of hydrogen-bond acceptors (Lipinski definition) is 7. The number of benzene rings is 1. The van der Waals surface area contributed by atoms with Crippen LogP contribution in [0, 0.1) is 10.1 Å². The molecule has 8 nitrogen and oxygen atoms in total. The van der Waals surface area contributed by atoms with Crippen molar-refractivity contribution in [2.45, 2.75) is 10.9 Å². The molecule has 0 atom stereocenters. The van der Waals surface area contributed by atoms with Crippen LogP contribution in [-0.4, -0.2) is 14.9 Å². The zero-order valence-corrected chi connectivity index (χ0v) is 11.0. The zero-order chi connectivity index (χ0) is 14.7. The minimum absolute atomic E-state index is 0.108. The average molecular weight is 293 g/mol. The molecule has 0 amide bonds. The number of nitrogens with two attached hydrogens (primary N) is 2. The van der Waals surface area contributed by atoms with Crippen molar-refractivity contribution in [1.29, 1.82) is 0 Å². The second-order valence-corrected chi connectivity index (χ2v) is 4.84. The Balaban J connectivity index is 2.21. The number of anilines is 2. The Morgan fingerprint density at radius 2 is 2.15 bits per heavy atom. The lowest BCUT2D eigenvalue weighted by Crippen LogP contribution is -2.09. The number of nitro groups is 1. The Kier molecular flexibility index (Phi) is 3.89. The van der Waals surface area contributed by atoms with Gasteiger partial charge in [0.15, 0.2) is 5.16 Å². The third kappa shape index (κ3) is 3.06. The van der Waals surface area contributed by atoms with Gasteiger partial charge in [-0.05, 0) is 5.56 Å². The van der Waals surface area contributed by atoms with Crippen LogP contribution in [0.4, 0.5) is 17.2 Å². The molecule has 20 heavy (non-hydrogen) atoms. The highest BCUT2D eigenvalue weighted by molar-refractivity contribution is 7.98. The van der Waals surface area contributed by atoms with Crippen molar-refractivity contribution in [3.63, 3.8) is 0 Å². The molecular formula is C11H11N5O3S. The molecular weight excluding hydrogens is 282 g/mol. The van der Waals surface area contributed by atoms with Crippen molar-refractivity contribution in [2.24, 2.45) is 0 Å². The van der Waals surface area contributed by atoms with Crippen LogP contribution < -0.4 is 17.0 Å². The molecule has 0 saturated heterocycles. The normalized spacial score (nSPS) is 10.4. The maximum atomic E-state index is 11.2. The second kappa shape index (κ2) is 5.61. The molecule has 1 aromatic carbocycles. The quantitative estimate of drug-likeness (QED) is 0.252. The summed E-state index contributed by atoms with van der Waals surface area (Å²) in [6, 6.07) is 5.75. The highest BCUT2D eigenvalue weighted by atomic mass is 32.2. The summed E-state index contributed by atoms with van der Waals surface area (Å²) in [4.78, 5) is 27.9. The molecule has 0 aliphatic carbocycles. The van der Waals surface area contributed by atoms with E-state index in [9.17, 15) is 14.9 Å². The molecule has 0 fully saturated rings. The average Bonchev–Trinajstić information content (AvgIpc) is 2.36. The Morgan fingerprint density at radius 1 is 1.40 bits per heavy atom. The Labute approximate surface area is 117 Å². The number of nitro benzene ring substituents is 1. The van der Waals surface area contributed by atoms with Crippen LogP contribution in [0.25, 0.3) is 0 Å². The summed E-state index contributed by atoms with van der Waals surface area (Å²) in [5.41, 5.74) is 11.4. The van der Waals surface area contributed by atoms with Crippen LogP contribution in [-0.2, 0) is 5.75 Å². The summed E-state index contributed by atoms with van der Waals surface area (Å²) in [6.45, 7) is 0. The van der Waals surface area contributed by atoms with Crippen LogP contribution >= 0.6 is 11.8 Å². The number of aromatic nitrogens is 2. The van der Waals surface area contributed by atoms with Crippen molar-refractivity contribution in [1.82, 2.24) is 9.97 Å². The van der Waals surface area contributed by atoms with Crippen molar-refractivity contribution in [3.8, 4) is 0 Å². The van der Waals surface area contributed by atoms with Gasteiger partial charge in [-0.3, -0.25) is 14.9 Å². The molecule has 104 valence electrons. The van der Waals surface area contributed by atoms with Gasteiger partial charge < -0.3 is 16.5 Å². The first-order chi connectivity index (χ1) is 9.47. The summed E-state index contributed by atoms with van der Waals surface area (Å²) in [5.74, 6) is 0.447. The minimum Gasteiger partial charge on any atom is -0.393 e. The molecule has 1 aromatic heterocycles. The highest BCUT2D eigenvalue weighted by Crippen LogP contribution is 2.29. The number of hydrogen-bond donors (Lipinski definition) is 3. The van der Waals surface area contributed by atoms with Gasteiger partial charge in [0.25, 0.3) is 11.2 Å². The van der Waals surface area contributed by atoms with E-state index in [0.717, 1.165) is 0 Å². The van der Waals surface area contributed by atoms with Crippen LogP contribution in [0.5, 0.6) is 0 Å². The SMILES string of the molecule is Nc1cc(=O)[nH]c(SCc2cccc([N+](=O)[O-])c2N)n1. The monoisotopic (exact) mass is 293 g/mol. The molecule has 0 unspecified atom stereocenters. The third-order valence-corrected chi connectivity index (χ3v) is 3.40. The Morgan fingerprint density at radius 3 is 2.80 bits per heavy atom. The number of aromatic amines is 1. The van der Waals surface area contributed by atoms with Crippen LogP contribution in [0.15, 0.2) is 34.2 Å². The fraction of sp³-hybridized carbons (Fsp3) is 0.0909. The van der Waals surface area contributed by atoms with E-state index in [4.69, 9.17) is 11.5 Å². The molecule has 0 bridgehead atoms. The number of thioether (sulfide) groups is 1. The standard InChI is InChI=1S/C11H11N5O3S/c12-8-4-9(17)15-11(14-8)20-5-6-2-1-3-7(10(6)13)16(18)19/h1-4H,5,13H2,(H3,12,14,15,17). The molecule has 0 radical (unpaired) electrons. The summed E-state index contributed by atoms with van der Waals surface area (Å²) < 4.78 is 0. The summed E-state index contributed by atoms with van der Waals surface area (Å²) in [6.07, 6.45) is 0. The van der Waals surface area contributed by atoms with Crippen molar-refractivity contribution < 1.29 is 4.92 Å².